The van der Waals surface area contributed by atoms with Crippen molar-refractivity contribution >= 4 is 5.97 Å². The molecule has 1 aliphatic rings. The van der Waals surface area contributed by atoms with Gasteiger partial charge in [0, 0.05) is 6.04 Å². The predicted octanol–water partition coefficient (Wildman–Crippen LogP) is 1.60. The lowest BCUT2D eigenvalue weighted by atomic mass is 10.0. The molecule has 1 unspecified atom stereocenters. The molecule has 2 heterocycles. The Labute approximate surface area is 99.8 Å². The van der Waals surface area contributed by atoms with Crippen molar-refractivity contribution in [2.24, 2.45) is 0 Å². The third-order valence-electron chi connectivity index (χ3n) is 2.97. The van der Waals surface area contributed by atoms with Crippen LogP contribution in [0.2, 0.25) is 0 Å². The van der Waals surface area contributed by atoms with Crippen LogP contribution in [0.5, 0.6) is 5.88 Å². The second kappa shape index (κ2) is 5.14. The average Bonchev–Trinajstić information content (AvgIpc) is 2.39. The number of nitrogens with zero attached hydrogens (tertiary/aromatic N) is 1. The van der Waals surface area contributed by atoms with E-state index in [1.54, 1.807) is 12.1 Å². The number of carboxylic acid groups (broad SMARTS) is 1. The molecule has 17 heavy (non-hydrogen) atoms. The number of ether oxygens (including phenoxy) is 1. The summed E-state index contributed by atoms with van der Waals surface area (Å²) < 4.78 is 5.02. The molecule has 1 saturated heterocycles. The second-order valence-electron chi connectivity index (χ2n) is 4.10. The van der Waals surface area contributed by atoms with E-state index >= 15 is 0 Å². The summed E-state index contributed by atoms with van der Waals surface area (Å²) in [6, 6.07) is 3.52. The summed E-state index contributed by atoms with van der Waals surface area (Å²) in [5.41, 5.74) is 0.957. The van der Waals surface area contributed by atoms with E-state index in [2.05, 4.69) is 10.3 Å². The van der Waals surface area contributed by atoms with Gasteiger partial charge in [-0.05, 0) is 31.5 Å². The number of nitrogens with one attached hydrogen (secondary N) is 1. The number of aromatic nitrogens is 1. The van der Waals surface area contributed by atoms with E-state index in [-0.39, 0.29) is 17.5 Å². The molecular weight excluding hydrogens is 220 g/mol. The van der Waals surface area contributed by atoms with Gasteiger partial charge < -0.3 is 15.2 Å². The fourth-order valence-electron chi connectivity index (χ4n) is 2.07. The molecule has 1 fully saturated rings. The number of carboxylic acids is 1. The highest BCUT2D eigenvalue weighted by atomic mass is 16.5. The van der Waals surface area contributed by atoms with Crippen LogP contribution in [0.3, 0.4) is 0 Å². The Balaban J connectivity index is 2.27. The van der Waals surface area contributed by atoms with Gasteiger partial charge in [-0.25, -0.2) is 9.78 Å². The highest BCUT2D eigenvalue weighted by Gasteiger charge is 2.19. The van der Waals surface area contributed by atoms with Gasteiger partial charge in [0.25, 0.3) is 0 Å². The normalized spacial score (nSPS) is 19.9. The van der Waals surface area contributed by atoms with Gasteiger partial charge in [-0.2, -0.15) is 0 Å². The monoisotopic (exact) mass is 236 g/mol. The maximum Gasteiger partial charge on any atom is 0.341 e. The molecule has 0 amide bonds. The lowest BCUT2D eigenvalue weighted by molar-refractivity contribution is 0.0692. The van der Waals surface area contributed by atoms with Crippen molar-refractivity contribution in [3.05, 3.63) is 23.4 Å². The standard InChI is InChI=1S/C12H16N2O3/c1-17-11-8(12(15)16)5-6-10(14-11)9-4-2-3-7-13-9/h5-6,9,13H,2-4,7H2,1H3,(H,15,16). The van der Waals surface area contributed by atoms with Gasteiger partial charge in [-0.15, -0.1) is 0 Å². The molecule has 1 aromatic heterocycles. The van der Waals surface area contributed by atoms with Crippen LogP contribution in [0.4, 0.5) is 0 Å². The average molecular weight is 236 g/mol. The minimum atomic E-state index is -1.02. The van der Waals surface area contributed by atoms with Gasteiger partial charge in [0.1, 0.15) is 5.56 Å². The largest absolute Gasteiger partial charge is 0.480 e. The molecule has 1 aliphatic heterocycles. The molecule has 0 aromatic carbocycles. The van der Waals surface area contributed by atoms with Crippen molar-refractivity contribution in [1.29, 1.82) is 0 Å². The van der Waals surface area contributed by atoms with Crippen molar-refractivity contribution in [3.8, 4) is 5.88 Å². The minimum Gasteiger partial charge on any atom is -0.480 e. The van der Waals surface area contributed by atoms with Gasteiger partial charge in [-0.3, -0.25) is 0 Å². The molecule has 92 valence electrons. The number of hydrogen-bond donors (Lipinski definition) is 2. The van der Waals surface area contributed by atoms with Crippen molar-refractivity contribution in [2.75, 3.05) is 13.7 Å². The molecule has 0 spiro atoms. The minimum absolute atomic E-state index is 0.104. The third kappa shape index (κ3) is 2.55. The van der Waals surface area contributed by atoms with Gasteiger partial charge in [0.15, 0.2) is 0 Å². The lowest BCUT2D eigenvalue weighted by Crippen LogP contribution is -2.27. The van der Waals surface area contributed by atoms with Crippen molar-refractivity contribution in [3.63, 3.8) is 0 Å². The van der Waals surface area contributed by atoms with E-state index in [4.69, 9.17) is 9.84 Å². The fraction of sp³-hybridized carbons (Fsp3) is 0.500. The Hall–Kier alpha value is -1.62. The zero-order valence-corrected chi connectivity index (χ0v) is 9.77. The molecular formula is C12H16N2O3. The van der Waals surface area contributed by atoms with Crippen LogP contribution in [-0.2, 0) is 0 Å². The second-order valence-corrected chi connectivity index (χ2v) is 4.10. The first-order valence-corrected chi connectivity index (χ1v) is 5.74. The quantitative estimate of drug-likeness (QED) is 0.834. The van der Waals surface area contributed by atoms with Gasteiger partial charge in [0.2, 0.25) is 5.88 Å². The molecule has 0 bridgehead atoms. The van der Waals surface area contributed by atoms with E-state index < -0.39 is 5.97 Å². The summed E-state index contributed by atoms with van der Waals surface area (Å²) in [6.45, 7) is 0.981. The van der Waals surface area contributed by atoms with Gasteiger partial charge >= 0.3 is 5.97 Å². The maximum atomic E-state index is 10.9. The number of carbonyl (C=O) groups is 1. The van der Waals surface area contributed by atoms with Crippen LogP contribution in [0.1, 0.15) is 41.4 Å². The number of rotatable bonds is 3. The molecule has 2 rings (SSSR count). The highest BCUT2D eigenvalue weighted by molar-refractivity contribution is 5.90. The molecule has 0 radical (unpaired) electrons. The molecule has 0 saturated carbocycles. The van der Waals surface area contributed by atoms with E-state index in [1.807, 2.05) is 0 Å². The molecule has 1 atom stereocenters. The van der Waals surface area contributed by atoms with Crippen LogP contribution >= 0.6 is 0 Å². The van der Waals surface area contributed by atoms with Crippen LogP contribution < -0.4 is 10.1 Å². The first-order valence-electron chi connectivity index (χ1n) is 5.74. The highest BCUT2D eigenvalue weighted by Crippen LogP contribution is 2.24. The molecule has 2 N–H and O–H groups in total. The van der Waals surface area contributed by atoms with E-state index in [0.717, 1.165) is 18.7 Å². The number of piperidine rings is 1. The first kappa shape index (κ1) is 11.9. The van der Waals surface area contributed by atoms with Gasteiger partial charge in [0.05, 0.1) is 12.8 Å². The van der Waals surface area contributed by atoms with Crippen LogP contribution in [0.15, 0.2) is 12.1 Å². The summed E-state index contributed by atoms with van der Waals surface area (Å²) in [5.74, 6) is -0.833. The first-order chi connectivity index (χ1) is 8.22. The van der Waals surface area contributed by atoms with Crippen LogP contribution in [0.25, 0.3) is 0 Å². The van der Waals surface area contributed by atoms with Crippen LogP contribution in [-0.4, -0.2) is 29.7 Å². The topological polar surface area (TPSA) is 71.5 Å². The molecule has 1 aromatic rings. The lowest BCUT2D eigenvalue weighted by Gasteiger charge is -2.23. The van der Waals surface area contributed by atoms with E-state index in [0.29, 0.717) is 0 Å². The SMILES string of the molecule is COc1nc(C2CCCCN2)ccc1C(=O)O. The summed E-state index contributed by atoms with van der Waals surface area (Å²) in [6.07, 6.45) is 3.38. The summed E-state index contributed by atoms with van der Waals surface area (Å²) >= 11 is 0. The van der Waals surface area contributed by atoms with Crippen molar-refractivity contribution in [2.45, 2.75) is 25.3 Å². The summed E-state index contributed by atoms with van der Waals surface area (Å²) in [5, 5.41) is 12.3. The fourth-order valence-corrected chi connectivity index (χ4v) is 2.07. The number of hydrogen-bond acceptors (Lipinski definition) is 4. The van der Waals surface area contributed by atoms with Gasteiger partial charge in [-0.1, -0.05) is 6.42 Å². The molecule has 5 nitrogen and oxygen atoms in total. The number of aromatic carboxylic acids is 1. The van der Waals surface area contributed by atoms with E-state index in [1.165, 1.54) is 20.0 Å². The Morgan fingerprint density at radius 2 is 2.35 bits per heavy atom. The molecule has 0 aliphatic carbocycles. The molecule has 5 heteroatoms. The smallest absolute Gasteiger partial charge is 0.341 e. The zero-order valence-electron chi connectivity index (χ0n) is 9.77. The predicted molar refractivity (Wildman–Crippen MR) is 62.3 cm³/mol. The third-order valence-corrected chi connectivity index (χ3v) is 2.97. The maximum absolute atomic E-state index is 10.9. The van der Waals surface area contributed by atoms with E-state index in [9.17, 15) is 4.79 Å². The van der Waals surface area contributed by atoms with Crippen molar-refractivity contribution in [1.82, 2.24) is 10.3 Å². The Bertz CT molecular complexity index is 414. The zero-order chi connectivity index (χ0) is 12.3. The number of pyridine rings is 1. The Kier molecular flexibility index (Phi) is 3.58. The summed E-state index contributed by atoms with van der Waals surface area (Å²) in [7, 11) is 1.44. The number of methoxy groups -OCH3 is 1. The summed E-state index contributed by atoms with van der Waals surface area (Å²) in [4.78, 5) is 15.2. The Morgan fingerprint density at radius 1 is 1.53 bits per heavy atom. The van der Waals surface area contributed by atoms with Crippen molar-refractivity contribution < 1.29 is 14.6 Å². The Morgan fingerprint density at radius 3 is 2.94 bits per heavy atom. The van der Waals surface area contributed by atoms with Crippen LogP contribution in [0, 0.1) is 0 Å².